The number of carbonyl (C=O) groups excluding carboxylic acids is 1. The van der Waals surface area contributed by atoms with Gasteiger partial charge in [-0.1, -0.05) is 13.3 Å². The number of nitrogens with zero attached hydrogens (tertiary/aromatic N) is 1. The summed E-state index contributed by atoms with van der Waals surface area (Å²) in [6, 6.07) is 6.33. The van der Waals surface area contributed by atoms with E-state index in [0.29, 0.717) is 0 Å². The van der Waals surface area contributed by atoms with Crippen LogP contribution in [0.2, 0.25) is 0 Å². The molecule has 3 aliphatic carbocycles. The summed E-state index contributed by atoms with van der Waals surface area (Å²) in [4.78, 5) is 17.4. The fourth-order valence-electron chi connectivity index (χ4n) is 5.25. The standard InChI is InChI=1S/C24H35N3O3/c1-6-7-10-25-19-12-16-11-17(29-5)8-9-18(16)20(26-19)23-13-24(14-23,15-23)27-21(28)30-22(2,3)4/h8-9,11,19,25H,6-7,10,12-15H2,1-5H3,(H,27,28)/t19-,23?,24?/m1/s1. The first-order valence-electron chi connectivity index (χ1n) is 11.2. The number of rotatable bonds is 7. The maximum absolute atomic E-state index is 12.3. The highest BCUT2D eigenvalue weighted by atomic mass is 16.6. The van der Waals surface area contributed by atoms with Crippen molar-refractivity contribution in [1.29, 1.82) is 0 Å². The second-order valence-electron chi connectivity index (χ2n) is 10.2. The number of benzene rings is 1. The summed E-state index contributed by atoms with van der Waals surface area (Å²) in [6.07, 6.45) is 5.81. The van der Waals surface area contributed by atoms with Gasteiger partial charge in [0.2, 0.25) is 0 Å². The summed E-state index contributed by atoms with van der Waals surface area (Å²) in [7, 11) is 1.71. The third-order valence-electron chi connectivity index (χ3n) is 6.47. The molecule has 1 aromatic carbocycles. The van der Waals surface area contributed by atoms with E-state index in [-0.39, 0.29) is 23.2 Å². The van der Waals surface area contributed by atoms with E-state index < -0.39 is 5.60 Å². The molecule has 164 valence electrons. The molecule has 2 bridgehead atoms. The second-order valence-corrected chi connectivity index (χ2v) is 10.2. The number of unbranched alkanes of at least 4 members (excludes halogenated alkanes) is 1. The quantitative estimate of drug-likeness (QED) is 0.657. The van der Waals surface area contributed by atoms with Crippen LogP contribution in [0, 0.1) is 5.41 Å². The van der Waals surface area contributed by atoms with E-state index in [0.717, 1.165) is 44.4 Å². The van der Waals surface area contributed by atoms with Crippen LogP contribution in [0.25, 0.3) is 0 Å². The lowest BCUT2D eigenvalue weighted by atomic mass is 9.37. The Bertz CT molecular complexity index is 836. The van der Waals surface area contributed by atoms with Crippen LogP contribution in [0.5, 0.6) is 5.75 Å². The summed E-state index contributed by atoms with van der Waals surface area (Å²) >= 11 is 0. The highest BCUT2D eigenvalue weighted by Gasteiger charge is 2.71. The van der Waals surface area contributed by atoms with Crippen molar-refractivity contribution in [3.05, 3.63) is 29.3 Å². The molecule has 0 radical (unpaired) electrons. The zero-order valence-corrected chi connectivity index (χ0v) is 18.9. The van der Waals surface area contributed by atoms with Crippen LogP contribution >= 0.6 is 0 Å². The predicted octanol–water partition coefficient (Wildman–Crippen LogP) is 4.20. The van der Waals surface area contributed by atoms with Gasteiger partial charge in [-0.25, -0.2) is 4.79 Å². The minimum atomic E-state index is -0.478. The number of alkyl carbamates (subject to hydrolysis) is 1. The first kappa shape index (κ1) is 21.2. The predicted molar refractivity (Wildman–Crippen MR) is 118 cm³/mol. The molecule has 3 fully saturated rings. The molecule has 6 nitrogen and oxygen atoms in total. The van der Waals surface area contributed by atoms with Crippen LogP contribution in [-0.2, 0) is 11.2 Å². The Balaban J connectivity index is 1.50. The van der Waals surface area contributed by atoms with Gasteiger partial charge in [0.05, 0.1) is 12.8 Å². The lowest BCUT2D eigenvalue weighted by Crippen LogP contribution is -2.77. The fraction of sp³-hybridized carbons (Fsp3) is 0.667. The first-order chi connectivity index (χ1) is 14.2. The van der Waals surface area contributed by atoms with Gasteiger partial charge < -0.3 is 14.8 Å². The normalized spacial score (nSPS) is 29.1. The zero-order valence-electron chi connectivity index (χ0n) is 18.9. The largest absolute Gasteiger partial charge is 0.497 e. The van der Waals surface area contributed by atoms with Gasteiger partial charge in [0.25, 0.3) is 0 Å². The zero-order chi connectivity index (χ0) is 21.6. The molecule has 1 heterocycles. The second kappa shape index (κ2) is 7.56. The Hall–Kier alpha value is -2.08. The number of ether oxygens (including phenoxy) is 2. The number of aliphatic imine (C=N–C) groups is 1. The summed E-state index contributed by atoms with van der Waals surface area (Å²) in [5, 5.41) is 6.74. The summed E-state index contributed by atoms with van der Waals surface area (Å²) < 4.78 is 10.9. The third kappa shape index (κ3) is 3.94. The molecule has 5 rings (SSSR count). The minimum Gasteiger partial charge on any atom is -0.497 e. The number of carbonyl (C=O) groups is 1. The van der Waals surface area contributed by atoms with Crippen LogP contribution < -0.4 is 15.4 Å². The van der Waals surface area contributed by atoms with Crippen LogP contribution in [0.15, 0.2) is 23.2 Å². The van der Waals surface area contributed by atoms with Crippen molar-refractivity contribution in [1.82, 2.24) is 10.6 Å². The van der Waals surface area contributed by atoms with Crippen molar-refractivity contribution < 1.29 is 14.3 Å². The van der Waals surface area contributed by atoms with Gasteiger partial charge in [-0.15, -0.1) is 0 Å². The van der Waals surface area contributed by atoms with Gasteiger partial charge in [0.15, 0.2) is 0 Å². The van der Waals surface area contributed by atoms with E-state index >= 15 is 0 Å². The molecule has 4 aliphatic rings. The van der Waals surface area contributed by atoms with Crippen molar-refractivity contribution in [2.75, 3.05) is 13.7 Å². The van der Waals surface area contributed by atoms with E-state index in [1.54, 1.807) is 7.11 Å². The van der Waals surface area contributed by atoms with Crippen molar-refractivity contribution in [3.63, 3.8) is 0 Å². The average Bonchev–Trinajstić information content (AvgIpc) is 2.61. The van der Waals surface area contributed by atoms with Crippen molar-refractivity contribution >= 4 is 11.8 Å². The molecular formula is C24H35N3O3. The third-order valence-corrected chi connectivity index (χ3v) is 6.47. The number of hydrogen-bond donors (Lipinski definition) is 2. The van der Waals surface area contributed by atoms with Gasteiger partial charge in [-0.2, -0.15) is 0 Å². The highest BCUT2D eigenvalue weighted by Crippen LogP contribution is 2.69. The van der Waals surface area contributed by atoms with E-state index in [2.05, 4.69) is 29.7 Å². The average molecular weight is 414 g/mol. The van der Waals surface area contributed by atoms with Crippen LogP contribution in [0.3, 0.4) is 0 Å². The highest BCUT2D eigenvalue weighted by molar-refractivity contribution is 6.09. The van der Waals surface area contributed by atoms with Crippen LogP contribution in [-0.4, -0.2) is 42.8 Å². The molecular weight excluding hydrogens is 378 g/mol. The Morgan fingerprint density at radius 2 is 2.00 bits per heavy atom. The van der Waals surface area contributed by atoms with Crippen LogP contribution in [0.1, 0.15) is 70.9 Å². The smallest absolute Gasteiger partial charge is 0.408 e. The lowest BCUT2D eigenvalue weighted by Gasteiger charge is -2.70. The Morgan fingerprint density at radius 3 is 2.63 bits per heavy atom. The molecule has 1 aromatic rings. The molecule has 0 saturated heterocycles. The Labute approximate surface area is 179 Å². The van der Waals surface area contributed by atoms with Gasteiger partial charge >= 0.3 is 6.09 Å². The summed E-state index contributed by atoms with van der Waals surface area (Å²) in [5.41, 5.74) is 3.22. The van der Waals surface area contributed by atoms with Gasteiger partial charge in [-0.3, -0.25) is 10.3 Å². The molecule has 2 N–H and O–H groups in total. The number of methoxy groups -OCH3 is 1. The molecule has 1 aliphatic heterocycles. The summed E-state index contributed by atoms with van der Waals surface area (Å²) in [5.74, 6) is 0.892. The SMILES string of the molecule is CCCCN[C@H]1Cc2cc(OC)ccc2C(C23CC(NC(=O)OC(C)(C)C)(C2)C3)=N1. The molecule has 0 spiro atoms. The molecule has 3 saturated carbocycles. The molecule has 1 atom stereocenters. The number of fused-ring (bicyclic) bond motifs is 1. The number of hydrogen-bond acceptors (Lipinski definition) is 5. The maximum atomic E-state index is 12.3. The molecule has 6 heteroatoms. The van der Waals surface area contributed by atoms with Crippen molar-refractivity contribution in [3.8, 4) is 5.75 Å². The monoisotopic (exact) mass is 413 g/mol. The molecule has 0 unspecified atom stereocenters. The van der Waals surface area contributed by atoms with Crippen LogP contribution in [0.4, 0.5) is 4.79 Å². The van der Waals surface area contributed by atoms with Crippen molar-refractivity contribution in [2.24, 2.45) is 10.4 Å². The van der Waals surface area contributed by atoms with E-state index in [1.165, 1.54) is 23.3 Å². The first-order valence-corrected chi connectivity index (χ1v) is 11.2. The van der Waals surface area contributed by atoms with E-state index in [4.69, 9.17) is 14.5 Å². The molecule has 30 heavy (non-hydrogen) atoms. The molecule has 1 amide bonds. The van der Waals surface area contributed by atoms with Gasteiger partial charge in [0, 0.05) is 17.4 Å². The number of nitrogens with one attached hydrogen (secondary N) is 2. The Morgan fingerprint density at radius 1 is 1.27 bits per heavy atom. The van der Waals surface area contributed by atoms with Gasteiger partial charge in [0.1, 0.15) is 17.5 Å². The van der Waals surface area contributed by atoms with E-state index in [1.807, 2.05) is 26.8 Å². The Kier molecular flexibility index (Phi) is 5.33. The maximum Gasteiger partial charge on any atom is 0.408 e. The van der Waals surface area contributed by atoms with Crippen molar-refractivity contribution in [2.45, 2.75) is 83.5 Å². The molecule has 0 aromatic heterocycles. The van der Waals surface area contributed by atoms with Gasteiger partial charge in [-0.05, 0) is 82.3 Å². The lowest BCUT2D eigenvalue weighted by molar-refractivity contribution is -0.0993. The summed E-state index contributed by atoms with van der Waals surface area (Å²) in [6.45, 7) is 8.86. The topological polar surface area (TPSA) is 72.0 Å². The number of amides is 1. The fourth-order valence-corrected chi connectivity index (χ4v) is 5.25. The minimum absolute atomic E-state index is 0.0729. The van der Waals surface area contributed by atoms with E-state index in [9.17, 15) is 4.79 Å².